The number of carbonyl (C=O) groups excluding carboxylic acids is 2. The lowest BCUT2D eigenvalue weighted by Crippen LogP contribution is -2.56. The summed E-state index contributed by atoms with van der Waals surface area (Å²) in [6, 6.07) is 0.162. The first-order valence-electron chi connectivity index (χ1n) is 15.9. The normalized spacial score (nSPS) is 41.4. The van der Waals surface area contributed by atoms with Gasteiger partial charge in [-0.05, 0) is 105 Å². The van der Waals surface area contributed by atoms with Gasteiger partial charge in [0.1, 0.15) is 0 Å². The summed E-state index contributed by atoms with van der Waals surface area (Å²) in [6.45, 7) is 12.0. The van der Waals surface area contributed by atoms with Crippen molar-refractivity contribution < 1.29 is 14.7 Å². The van der Waals surface area contributed by atoms with E-state index >= 15 is 0 Å². The van der Waals surface area contributed by atoms with Gasteiger partial charge in [0.15, 0.2) is 0 Å². The van der Waals surface area contributed by atoms with Gasteiger partial charge in [-0.2, -0.15) is 0 Å². The van der Waals surface area contributed by atoms with E-state index in [1.165, 1.54) is 32.1 Å². The van der Waals surface area contributed by atoms with Gasteiger partial charge in [0.05, 0.1) is 6.10 Å². The Labute approximate surface area is 230 Å². The number of amides is 3. The largest absolute Gasteiger partial charge is 0.393 e. The zero-order valence-electron chi connectivity index (χ0n) is 24.2. The molecular weight excluding hydrogens is 474 g/mol. The molecule has 0 aromatic rings. The number of nitrogens with zero attached hydrogens (tertiary/aromatic N) is 3. The Morgan fingerprint density at radius 1 is 0.947 bits per heavy atom. The number of carbonyl (C=O) groups is 2. The molecule has 0 bridgehead atoms. The minimum Gasteiger partial charge on any atom is -0.393 e. The van der Waals surface area contributed by atoms with E-state index in [4.69, 9.17) is 0 Å². The number of fused-ring (bicyclic) bond motifs is 5. The molecule has 6 rings (SSSR count). The molecule has 4 aliphatic carbocycles. The van der Waals surface area contributed by atoms with E-state index in [1.807, 2.05) is 14.7 Å². The summed E-state index contributed by atoms with van der Waals surface area (Å²) in [5.41, 5.74) is 2.28. The molecule has 1 N–H and O–H groups in total. The van der Waals surface area contributed by atoms with E-state index < -0.39 is 0 Å². The summed E-state index contributed by atoms with van der Waals surface area (Å²) in [5, 5.41) is 10.3. The first-order valence-corrected chi connectivity index (χ1v) is 15.9. The Hall–Kier alpha value is -1.56. The number of allylic oxidation sites excluding steroid dienone is 1. The zero-order valence-corrected chi connectivity index (χ0v) is 24.2. The Balaban J connectivity index is 1.03. The number of hydrogen-bond acceptors (Lipinski definition) is 3. The van der Waals surface area contributed by atoms with Gasteiger partial charge in [0, 0.05) is 45.7 Å². The van der Waals surface area contributed by atoms with Gasteiger partial charge in [-0.15, -0.1) is 0 Å². The van der Waals surface area contributed by atoms with Crippen molar-refractivity contribution in [2.45, 2.75) is 97.5 Å². The third-order valence-corrected chi connectivity index (χ3v) is 12.7. The molecule has 6 nitrogen and oxygen atoms in total. The van der Waals surface area contributed by atoms with Crippen molar-refractivity contribution in [1.82, 2.24) is 14.7 Å². The molecule has 0 aromatic carbocycles. The van der Waals surface area contributed by atoms with Crippen molar-refractivity contribution >= 4 is 11.9 Å². The van der Waals surface area contributed by atoms with E-state index in [0.717, 1.165) is 68.9 Å². The Morgan fingerprint density at radius 3 is 2.37 bits per heavy atom. The van der Waals surface area contributed by atoms with Crippen LogP contribution < -0.4 is 0 Å². The lowest BCUT2D eigenvalue weighted by Gasteiger charge is -2.58. The molecule has 2 heterocycles. The van der Waals surface area contributed by atoms with Crippen molar-refractivity contribution in [2.75, 3.05) is 39.3 Å². The monoisotopic (exact) mass is 525 g/mol. The van der Waals surface area contributed by atoms with E-state index in [9.17, 15) is 14.7 Å². The summed E-state index contributed by atoms with van der Waals surface area (Å²) >= 11 is 0. The molecule has 212 valence electrons. The van der Waals surface area contributed by atoms with Gasteiger partial charge in [0.2, 0.25) is 5.91 Å². The van der Waals surface area contributed by atoms with Crippen molar-refractivity contribution in [1.29, 1.82) is 0 Å². The van der Waals surface area contributed by atoms with Gasteiger partial charge in [0.25, 0.3) is 0 Å². The number of aliphatic hydroxyl groups excluding tert-OH is 1. The number of piperazine rings is 1. The van der Waals surface area contributed by atoms with Crippen LogP contribution in [0.25, 0.3) is 0 Å². The minimum atomic E-state index is -0.129. The van der Waals surface area contributed by atoms with E-state index in [1.54, 1.807) is 5.57 Å². The van der Waals surface area contributed by atoms with Crippen LogP contribution in [0.3, 0.4) is 0 Å². The highest BCUT2D eigenvalue weighted by atomic mass is 16.3. The van der Waals surface area contributed by atoms with Gasteiger partial charge < -0.3 is 19.8 Å². The topological polar surface area (TPSA) is 64.1 Å². The molecule has 2 aliphatic heterocycles. The van der Waals surface area contributed by atoms with Crippen molar-refractivity contribution in [2.24, 2.45) is 40.4 Å². The van der Waals surface area contributed by atoms with Crippen LogP contribution in [0.4, 0.5) is 4.79 Å². The molecule has 6 heteroatoms. The maximum atomic E-state index is 13.1. The van der Waals surface area contributed by atoms with E-state index in [2.05, 4.69) is 26.8 Å². The predicted octanol–water partition coefficient (Wildman–Crippen LogP) is 5.31. The molecule has 5 fully saturated rings. The molecule has 0 aromatic heterocycles. The highest BCUT2D eigenvalue weighted by Gasteiger charge is 2.59. The lowest BCUT2D eigenvalue weighted by molar-refractivity contribution is -0.133. The van der Waals surface area contributed by atoms with E-state index in [-0.39, 0.29) is 18.0 Å². The van der Waals surface area contributed by atoms with Crippen LogP contribution in [-0.4, -0.2) is 77.1 Å². The second-order valence-corrected chi connectivity index (χ2v) is 14.4. The number of likely N-dealkylation sites (tertiary alicyclic amines) is 1. The van der Waals surface area contributed by atoms with Gasteiger partial charge in [-0.1, -0.05) is 32.4 Å². The summed E-state index contributed by atoms with van der Waals surface area (Å²) in [7, 11) is 0. The molecule has 0 spiro atoms. The standard InChI is InChI=1S/C32H51N3O3/c1-22(5-10-29(37)33-17-19-35(20-18-33)30(38)34-15-4-16-34)26-8-9-27-25-7-6-23-21-24(36)11-13-31(23,2)28(25)12-14-32(26,27)3/h6,22,24-28,36H,4-5,7-21H2,1-3H3/t22-,24+,25+,26-,27+,28+,31+,32-/m1/s1. The smallest absolute Gasteiger partial charge is 0.320 e. The number of rotatable bonds is 4. The summed E-state index contributed by atoms with van der Waals surface area (Å²) in [5.74, 6) is 3.98. The molecule has 3 amide bonds. The maximum Gasteiger partial charge on any atom is 0.320 e. The fourth-order valence-corrected chi connectivity index (χ4v) is 10.2. The predicted molar refractivity (Wildman–Crippen MR) is 149 cm³/mol. The molecule has 38 heavy (non-hydrogen) atoms. The summed E-state index contributed by atoms with van der Waals surface area (Å²) < 4.78 is 0. The molecule has 0 radical (unpaired) electrons. The van der Waals surface area contributed by atoms with Crippen LogP contribution in [0.15, 0.2) is 11.6 Å². The summed E-state index contributed by atoms with van der Waals surface area (Å²) in [6.07, 6.45) is 14.8. The maximum absolute atomic E-state index is 13.1. The SMILES string of the molecule is C[C@H](CCC(=O)N1CCN(C(=O)N2CCC2)CC1)[C@H]1CC[C@H]2[C@@H]3CC=C4C[C@@H](O)CC[C@]4(C)[C@H]3CC[C@]12C. The van der Waals surface area contributed by atoms with Crippen LogP contribution in [0.2, 0.25) is 0 Å². The van der Waals surface area contributed by atoms with Crippen LogP contribution in [0.1, 0.15) is 91.4 Å². The zero-order chi connectivity index (χ0) is 26.7. The van der Waals surface area contributed by atoms with Crippen molar-refractivity contribution in [3.8, 4) is 0 Å². The molecule has 3 saturated carbocycles. The van der Waals surface area contributed by atoms with Crippen molar-refractivity contribution in [3.63, 3.8) is 0 Å². The highest BCUT2D eigenvalue weighted by molar-refractivity contribution is 5.78. The van der Waals surface area contributed by atoms with Crippen LogP contribution in [-0.2, 0) is 4.79 Å². The van der Waals surface area contributed by atoms with Crippen molar-refractivity contribution in [3.05, 3.63) is 11.6 Å². The second kappa shape index (κ2) is 10.1. The Bertz CT molecular complexity index is 954. The fraction of sp³-hybridized carbons (Fsp3) is 0.875. The Morgan fingerprint density at radius 2 is 1.66 bits per heavy atom. The first-order chi connectivity index (χ1) is 18.2. The molecule has 0 unspecified atom stereocenters. The third-order valence-electron chi connectivity index (χ3n) is 12.7. The second-order valence-electron chi connectivity index (χ2n) is 14.4. The molecule has 8 atom stereocenters. The van der Waals surface area contributed by atoms with Gasteiger partial charge in [-0.3, -0.25) is 4.79 Å². The van der Waals surface area contributed by atoms with Crippen LogP contribution in [0, 0.1) is 40.4 Å². The van der Waals surface area contributed by atoms with Crippen LogP contribution in [0.5, 0.6) is 0 Å². The molecule has 2 saturated heterocycles. The third kappa shape index (κ3) is 4.41. The number of hydrogen-bond donors (Lipinski definition) is 1. The number of aliphatic hydroxyl groups is 1. The van der Waals surface area contributed by atoms with Gasteiger partial charge in [-0.25, -0.2) is 4.79 Å². The lowest BCUT2D eigenvalue weighted by atomic mass is 9.47. The quantitative estimate of drug-likeness (QED) is 0.506. The molecule has 6 aliphatic rings. The van der Waals surface area contributed by atoms with Crippen LogP contribution >= 0.6 is 0 Å². The molecular formula is C32H51N3O3. The average molecular weight is 526 g/mol. The minimum absolute atomic E-state index is 0.129. The van der Waals surface area contributed by atoms with E-state index in [0.29, 0.717) is 49.3 Å². The first kappa shape index (κ1) is 26.7. The summed E-state index contributed by atoms with van der Waals surface area (Å²) in [4.78, 5) is 31.5. The Kier molecular flexibility index (Phi) is 7.10. The average Bonchev–Trinajstić information content (AvgIpc) is 3.24. The highest BCUT2D eigenvalue weighted by Crippen LogP contribution is 2.67. The number of urea groups is 1. The van der Waals surface area contributed by atoms with Gasteiger partial charge >= 0.3 is 6.03 Å². The fourth-order valence-electron chi connectivity index (χ4n) is 10.2.